The Balaban J connectivity index is 1.90. The van der Waals surface area contributed by atoms with Crippen LogP contribution in [-0.2, 0) is 9.53 Å². The Morgan fingerprint density at radius 1 is 1.54 bits per heavy atom. The van der Waals surface area contributed by atoms with E-state index in [9.17, 15) is 4.79 Å². The van der Waals surface area contributed by atoms with Gasteiger partial charge < -0.3 is 20.3 Å². The monoisotopic (exact) mass is 353 g/mol. The van der Waals surface area contributed by atoms with Crippen molar-refractivity contribution in [2.24, 2.45) is 0 Å². The number of nitrogens with zero attached hydrogens (tertiary/aromatic N) is 3. The third-order valence-electron chi connectivity index (χ3n) is 3.38. The molecule has 2 aromatic rings. The van der Waals surface area contributed by atoms with Gasteiger partial charge in [-0.3, -0.25) is 4.79 Å². The lowest BCUT2D eigenvalue weighted by Crippen LogP contribution is -2.32. The predicted molar refractivity (Wildman–Crippen MR) is 92.1 cm³/mol. The van der Waals surface area contributed by atoms with E-state index in [4.69, 9.17) is 15.0 Å². The number of aryl methyl sites for hydroxylation is 1. The molecule has 1 atom stereocenters. The SMILES string of the molecule is CCOCCCNC(=O)C(C)Sc1nnc(-c2ccoc2C)n1N. The van der Waals surface area contributed by atoms with Crippen molar-refractivity contribution in [1.29, 1.82) is 0 Å². The van der Waals surface area contributed by atoms with Gasteiger partial charge in [-0.2, -0.15) is 0 Å². The van der Waals surface area contributed by atoms with E-state index in [1.54, 1.807) is 19.3 Å². The summed E-state index contributed by atoms with van der Waals surface area (Å²) in [5, 5.41) is 11.2. The molecule has 0 aliphatic carbocycles. The van der Waals surface area contributed by atoms with Crippen LogP contribution in [0.5, 0.6) is 0 Å². The van der Waals surface area contributed by atoms with E-state index >= 15 is 0 Å². The molecule has 8 nitrogen and oxygen atoms in total. The van der Waals surface area contributed by atoms with Gasteiger partial charge in [-0.1, -0.05) is 11.8 Å². The lowest BCUT2D eigenvalue weighted by atomic mass is 10.2. The summed E-state index contributed by atoms with van der Waals surface area (Å²) < 4.78 is 11.9. The molecular weight excluding hydrogens is 330 g/mol. The molecule has 0 saturated carbocycles. The average molecular weight is 353 g/mol. The fourth-order valence-corrected chi connectivity index (χ4v) is 2.84. The molecule has 2 aromatic heterocycles. The maximum absolute atomic E-state index is 12.1. The van der Waals surface area contributed by atoms with Crippen molar-refractivity contribution >= 4 is 17.7 Å². The third-order valence-corrected chi connectivity index (χ3v) is 4.44. The number of carbonyl (C=O) groups excluding carboxylic acids is 1. The Morgan fingerprint density at radius 2 is 2.33 bits per heavy atom. The van der Waals surface area contributed by atoms with Crippen molar-refractivity contribution in [3.63, 3.8) is 0 Å². The number of carbonyl (C=O) groups is 1. The number of amides is 1. The molecule has 2 heterocycles. The van der Waals surface area contributed by atoms with Gasteiger partial charge in [0.15, 0.2) is 5.82 Å². The summed E-state index contributed by atoms with van der Waals surface area (Å²) >= 11 is 1.26. The first-order valence-electron chi connectivity index (χ1n) is 7.81. The summed E-state index contributed by atoms with van der Waals surface area (Å²) in [5.74, 6) is 7.20. The average Bonchev–Trinajstić information content (AvgIpc) is 3.13. The van der Waals surface area contributed by atoms with Crippen LogP contribution < -0.4 is 11.2 Å². The Kier molecular flexibility index (Phi) is 6.68. The molecule has 2 rings (SSSR count). The highest BCUT2D eigenvalue weighted by atomic mass is 32.2. The highest BCUT2D eigenvalue weighted by Gasteiger charge is 2.20. The summed E-state index contributed by atoms with van der Waals surface area (Å²) in [7, 11) is 0. The highest BCUT2D eigenvalue weighted by molar-refractivity contribution is 8.00. The molecule has 3 N–H and O–H groups in total. The summed E-state index contributed by atoms with van der Waals surface area (Å²) in [6.07, 6.45) is 2.36. The van der Waals surface area contributed by atoms with Gasteiger partial charge in [0.05, 0.1) is 17.1 Å². The summed E-state index contributed by atoms with van der Waals surface area (Å²) in [6, 6.07) is 1.78. The van der Waals surface area contributed by atoms with Crippen LogP contribution >= 0.6 is 11.8 Å². The minimum Gasteiger partial charge on any atom is -0.469 e. The second-order valence-corrected chi connectivity index (χ2v) is 6.48. The smallest absolute Gasteiger partial charge is 0.233 e. The molecule has 0 spiro atoms. The van der Waals surface area contributed by atoms with Crippen LogP contribution in [0.4, 0.5) is 0 Å². The number of thioether (sulfide) groups is 1. The van der Waals surface area contributed by atoms with Crippen molar-refractivity contribution in [3.8, 4) is 11.4 Å². The number of hydrogen-bond acceptors (Lipinski definition) is 7. The fraction of sp³-hybridized carbons (Fsp3) is 0.533. The number of ether oxygens (including phenoxy) is 1. The van der Waals surface area contributed by atoms with E-state index in [1.165, 1.54) is 16.4 Å². The molecular formula is C15H23N5O3S. The number of nitrogens with two attached hydrogens (primary N) is 1. The number of hydrogen-bond donors (Lipinski definition) is 2. The van der Waals surface area contributed by atoms with Crippen LogP contribution in [-0.4, -0.2) is 45.8 Å². The molecule has 0 radical (unpaired) electrons. The summed E-state index contributed by atoms with van der Waals surface area (Å²) in [6.45, 7) is 7.49. The standard InChI is InChI=1S/C15H23N5O3S/c1-4-22-8-5-7-17-14(21)11(3)24-15-19-18-13(20(15)16)12-6-9-23-10(12)2/h6,9,11H,4-5,7-8,16H2,1-3H3,(H,17,21). The molecule has 0 aromatic carbocycles. The molecule has 0 aliphatic rings. The fourth-order valence-electron chi connectivity index (χ4n) is 2.04. The Morgan fingerprint density at radius 3 is 3.00 bits per heavy atom. The predicted octanol–water partition coefficient (Wildman–Crippen LogP) is 1.58. The summed E-state index contributed by atoms with van der Waals surface area (Å²) in [4.78, 5) is 12.1. The van der Waals surface area contributed by atoms with Gasteiger partial charge in [-0.25, -0.2) is 4.68 Å². The van der Waals surface area contributed by atoms with Crippen molar-refractivity contribution in [3.05, 3.63) is 18.1 Å². The lowest BCUT2D eigenvalue weighted by Gasteiger charge is -2.11. The molecule has 0 saturated heterocycles. The molecule has 0 bridgehead atoms. The molecule has 0 fully saturated rings. The van der Waals surface area contributed by atoms with Crippen LogP contribution in [0, 0.1) is 6.92 Å². The van der Waals surface area contributed by atoms with Crippen molar-refractivity contribution in [2.75, 3.05) is 25.6 Å². The minimum atomic E-state index is -0.332. The number of rotatable bonds is 9. The van der Waals surface area contributed by atoms with Crippen LogP contribution in [0.1, 0.15) is 26.0 Å². The lowest BCUT2D eigenvalue weighted by molar-refractivity contribution is -0.120. The number of furan rings is 1. The van der Waals surface area contributed by atoms with Crippen molar-refractivity contribution in [2.45, 2.75) is 37.6 Å². The molecule has 0 aliphatic heterocycles. The van der Waals surface area contributed by atoms with Gasteiger partial charge in [-0.05, 0) is 33.3 Å². The van der Waals surface area contributed by atoms with Crippen molar-refractivity contribution in [1.82, 2.24) is 20.2 Å². The molecule has 1 amide bonds. The van der Waals surface area contributed by atoms with Crippen LogP contribution in [0.15, 0.2) is 21.9 Å². The number of nitrogen functional groups attached to an aromatic ring is 1. The molecule has 24 heavy (non-hydrogen) atoms. The Bertz CT molecular complexity index is 670. The second kappa shape index (κ2) is 8.74. The highest BCUT2D eigenvalue weighted by Crippen LogP contribution is 2.26. The Hall–Kier alpha value is -2.00. The number of nitrogens with one attached hydrogen (secondary N) is 1. The minimum absolute atomic E-state index is 0.0689. The van der Waals surface area contributed by atoms with Crippen molar-refractivity contribution < 1.29 is 13.9 Å². The van der Waals surface area contributed by atoms with Gasteiger partial charge in [0.2, 0.25) is 11.1 Å². The molecule has 9 heteroatoms. The van der Waals surface area contributed by atoms with E-state index in [0.717, 1.165) is 12.0 Å². The molecule has 1 unspecified atom stereocenters. The normalized spacial score (nSPS) is 12.3. The van der Waals surface area contributed by atoms with Crippen LogP contribution in [0.3, 0.4) is 0 Å². The zero-order valence-corrected chi connectivity index (χ0v) is 14.9. The van der Waals surface area contributed by atoms with E-state index in [-0.39, 0.29) is 11.2 Å². The maximum Gasteiger partial charge on any atom is 0.233 e. The van der Waals surface area contributed by atoms with Gasteiger partial charge >= 0.3 is 0 Å². The zero-order chi connectivity index (χ0) is 17.5. The van der Waals surface area contributed by atoms with E-state index in [0.29, 0.717) is 36.5 Å². The first-order valence-corrected chi connectivity index (χ1v) is 8.69. The first kappa shape index (κ1) is 18.3. The second-order valence-electron chi connectivity index (χ2n) is 5.17. The first-order chi connectivity index (χ1) is 11.5. The van der Waals surface area contributed by atoms with Gasteiger partial charge in [0, 0.05) is 19.8 Å². The zero-order valence-electron chi connectivity index (χ0n) is 14.1. The quantitative estimate of drug-likeness (QED) is 0.400. The van der Waals surface area contributed by atoms with E-state index in [1.807, 2.05) is 13.8 Å². The van der Waals surface area contributed by atoms with Gasteiger partial charge in [0.1, 0.15) is 5.76 Å². The molecule has 132 valence electrons. The van der Waals surface area contributed by atoms with Gasteiger partial charge in [0.25, 0.3) is 0 Å². The maximum atomic E-state index is 12.1. The Labute approximate surface area is 145 Å². The number of aromatic nitrogens is 3. The van der Waals surface area contributed by atoms with Gasteiger partial charge in [-0.15, -0.1) is 10.2 Å². The topological polar surface area (TPSA) is 108 Å². The third kappa shape index (κ3) is 4.51. The van der Waals surface area contributed by atoms with E-state index in [2.05, 4.69) is 15.5 Å². The largest absolute Gasteiger partial charge is 0.469 e. The van der Waals surface area contributed by atoms with Crippen LogP contribution in [0.25, 0.3) is 11.4 Å². The van der Waals surface area contributed by atoms with E-state index < -0.39 is 0 Å². The van der Waals surface area contributed by atoms with Crippen LogP contribution in [0.2, 0.25) is 0 Å². The summed E-state index contributed by atoms with van der Waals surface area (Å²) in [5.41, 5.74) is 0.782.